The van der Waals surface area contributed by atoms with Gasteiger partial charge in [-0.3, -0.25) is 0 Å². The lowest BCUT2D eigenvalue weighted by Crippen LogP contribution is -2.18. The van der Waals surface area contributed by atoms with E-state index in [-0.39, 0.29) is 0 Å². The van der Waals surface area contributed by atoms with E-state index in [1.165, 1.54) is 37.8 Å². The summed E-state index contributed by atoms with van der Waals surface area (Å²) in [5, 5.41) is 3.67. The molecule has 1 N–H and O–H groups in total. The molecule has 2 unspecified atom stereocenters. The molecule has 0 bridgehead atoms. The van der Waals surface area contributed by atoms with Crippen LogP contribution >= 0.6 is 0 Å². The molecule has 1 aliphatic rings. The van der Waals surface area contributed by atoms with E-state index in [1.54, 1.807) is 0 Å². The van der Waals surface area contributed by atoms with Crippen LogP contribution in [-0.2, 0) is 0 Å². The average molecular weight is 261 g/mol. The smallest absolute Gasteiger partial charge is 0.119 e. The van der Waals surface area contributed by atoms with Gasteiger partial charge in [-0.25, -0.2) is 0 Å². The highest BCUT2D eigenvalue weighted by atomic mass is 16.5. The standard InChI is InChI=1S/C17H27NO/c1-3-13-19-17-11-9-16(10-12-17)18-15-6-4-5-14(2)7-8-15/h9-12,14-15,18H,3-8,13H2,1-2H3. The van der Waals surface area contributed by atoms with E-state index in [4.69, 9.17) is 4.74 Å². The molecule has 0 aliphatic heterocycles. The van der Waals surface area contributed by atoms with Crippen molar-refractivity contribution in [3.63, 3.8) is 0 Å². The maximum absolute atomic E-state index is 5.61. The third kappa shape index (κ3) is 4.77. The van der Waals surface area contributed by atoms with Crippen molar-refractivity contribution in [1.29, 1.82) is 0 Å². The van der Waals surface area contributed by atoms with Crippen molar-refractivity contribution < 1.29 is 4.74 Å². The lowest BCUT2D eigenvalue weighted by molar-refractivity contribution is 0.317. The highest BCUT2D eigenvalue weighted by molar-refractivity contribution is 5.47. The molecular weight excluding hydrogens is 234 g/mol. The minimum Gasteiger partial charge on any atom is -0.494 e. The van der Waals surface area contributed by atoms with Gasteiger partial charge in [0, 0.05) is 11.7 Å². The second kappa shape index (κ2) is 7.42. The van der Waals surface area contributed by atoms with Gasteiger partial charge in [-0.15, -0.1) is 0 Å². The summed E-state index contributed by atoms with van der Waals surface area (Å²) in [7, 11) is 0. The first-order valence-electron chi connectivity index (χ1n) is 7.77. The molecule has 2 nitrogen and oxygen atoms in total. The second-order valence-corrected chi connectivity index (χ2v) is 5.83. The Bertz CT molecular complexity index is 360. The highest BCUT2D eigenvalue weighted by Gasteiger charge is 2.15. The zero-order valence-electron chi connectivity index (χ0n) is 12.3. The molecular formula is C17H27NO. The summed E-state index contributed by atoms with van der Waals surface area (Å²) < 4.78 is 5.61. The van der Waals surface area contributed by atoms with Crippen LogP contribution in [0.3, 0.4) is 0 Å². The van der Waals surface area contributed by atoms with Crippen LogP contribution in [0.25, 0.3) is 0 Å². The Labute approximate surface area is 117 Å². The van der Waals surface area contributed by atoms with Crippen LogP contribution in [0.5, 0.6) is 5.75 Å². The summed E-state index contributed by atoms with van der Waals surface area (Å²) in [6.07, 6.45) is 7.77. The molecule has 1 aromatic rings. The molecule has 2 heteroatoms. The molecule has 0 radical (unpaired) electrons. The Morgan fingerprint density at radius 1 is 1.11 bits per heavy atom. The van der Waals surface area contributed by atoms with Crippen molar-refractivity contribution in [1.82, 2.24) is 0 Å². The topological polar surface area (TPSA) is 21.3 Å². The first kappa shape index (κ1) is 14.2. The zero-order valence-corrected chi connectivity index (χ0v) is 12.3. The zero-order chi connectivity index (χ0) is 13.5. The summed E-state index contributed by atoms with van der Waals surface area (Å²) in [6.45, 7) is 5.30. The molecule has 1 saturated carbocycles. The highest BCUT2D eigenvalue weighted by Crippen LogP contribution is 2.25. The average Bonchev–Trinajstić information content (AvgIpc) is 2.63. The van der Waals surface area contributed by atoms with Crippen molar-refractivity contribution in [2.24, 2.45) is 5.92 Å². The van der Waals surface area contributed by atoms with E-state index in [0.717, 1.165) is 24.7 Å². The maximum atomic E-state index is 5.61. The normalized spacial score (nSPS) is 23.7. The van der Waals surface area contributed by atoms with Crippen LogP contribution in [-0.4, -0.2) is 12.6 Å². The van der Waals surface area contributed by atoms with Gasteiger partial charge in [0.05, 0.1) is 6.61 Å². The molecule has 0 heterocycles. The van der Waals surface area contributed by atoms with Crippen molar-refractivity contribution in [2.75, 3.05) is 11.9 Å². The van der Waals surface area contributed by atoms with Gasteiger partial charge >= 0.3 is 0 Å². The molecule has 0 saturated heterocycles. The Morgan fingerprint density at radius 3 is 2.63 bits per heavy atom. The third-order valence-electron chi connectivity index (χ3n) is 3.96. The Kier molecular flexibility index (Phi) is 5.56. The van der Waals surface area contributed by atoms with Crippen LogP contribution in [0.15, 0.2) is 24.3 Å². The van der Waals surface area contributed by atoms with Gasteiger partial charge in [-0.2, -0.15) is 0 Å². The predicted octanol–water partition coefficient (Wildman–Crippen LogP) is 4.86. The second-order valence-electron chi connectivity index (χ2n) is 5.83. The van der Waals surface area contributed by atoms with E-state index in [0.29, 0.717) is 6.04 Å². The number of nitrogens with one attached hydrogen (secondary N) is 1. The van der Waals surface area contributed by atoms with Crippen molar-refractivity contribution in [3.05, 3.63) is 24.3 Å². The van der Waals surface area contributed by atoms with Gasteiger partial charge in [0.25, 0.3) is 0 Å². The summed E-state index contributed by atoms with van der Waals surface area (Å²) in [5.41, 5.74) is 1.23. The molecule has 0 amide bonds. The maximum Gasteiger partial charge on any atom is 0.119 e. The van der Waals surface area contributed by atoms with Gasteiger partial charge in [0.2, 0.25) is 0 Å². The first-order chi connectivity index (χ1) is 9.28. The first-order valence-corrected chi connectivity index (χ1v) is 7.77. The van der Waals surface area contributed by atoms with E-state index in [2.05, 4.69) is 43.4 Å². The molecule has 0 aromatic heterocycles. The quantitative estimate of drug-likeness (QED) is 0.764. The van der Waals surface area contributed by atoms with Gasteiger partial charge in [-0.1, -0.05) is 26.7 Å². The SMILES string of the molecule is CCCOc1ccc(NC2CCCC(C)CC2)cc1. The van der Waals surface area contributed by atoms with Crippen molar-refractivity contribution in [2.45, 2.75) is 58.4 Å². The molecule has 1 aliphatic carbocycles. The van der Waals surface area contributed by atoms with Crippen molar-refractivity contribution in [3.8, 4) is 5.75 Å². The molecule has 0 spiro atoms. The largest absolute Gasteiger partial charge is 0.494 e. The van der Waals surface area contributed by atoms with Crippen LogP contribution in [0, 0.1) is 5.92 Å². The fourth-order valence-corrected chi connectivity index (χ4v) is 2.73. The minimum atomic E-state index is 0.646. The summed E-state index contributed by atoms with van der Waals surface area (Å²) >= 11 is 0. The molecule has 1 aromatic carbocycles. The van der Waals surface area contributed by atoms with Crippen LogP contribution in [0.4, 0.5) is 5.69 Å². The number of ether oxygens (including phenoxy) is 1. The minimum absolute atomic E-state index is 0.646. The fourth-order valence-electron chi connectivity index (χ4n) is 2.73. The summed E-state index contributed by atoms with van der Waals surface area (Å²) in [4.78, 5) is 0. The van der Waals surface area contributed by atoms with Gasteiger partial charge in [-0.05, 0) is 55.9 Å². The van der Waals surface area contributed by atoms with Crippen molar-refractivity contribution >= 4 is 5.69 Å². The van der Waals surface area contributed by atoms with Gasteiger partial charge in [0.15, 0.2) is 0 Å². The number of rotatable bonds is 5. The third-order valence-corrected chi connectivity index (χ3v) is 3.96. The van der Waals surface area contributed by atoms with Crippen LogP contribution in [0.2, 0.25) is 0 Å². The van der Waals surface area contributed by atoms with E-state index >= 15 is 0 Å². The Hall–Kier alpha value is -1.18. The molecule has 106 valence electrons. The summed E-state index contributed by atoms with van der Waals surface area (Å²) in [6, 6.07) is 9.06. The number of anilines is 1. The molecule has 2 rings (SSSR count). The van der Waals surface area contributed by atoms with Crippen LogP contribution < -0.4 is 10.1 Å². The Balaban J connectivity index is 1.84. The van der Waals surface area contributed by atoms with E-state index in [9.17, 15) is 0 Å². The van der Waals surface area contributed by atoms with Gasteiger partial charge < -0.3 is 10.1 Å². The fraction of sp³-hybridized carbons (Fsp3) is 0.647. The molecule has 1 fully saturated rings. The monoisotopic (exact) mass is 261 g/mol. The Morgan fingerprint density at radius 2 is 1.89 bits per heavy atom. The summed E-state index contributed by atoms with van der Waals surface area (Å²) in [5.74, 6) is 1.87. The lowest BCUT2D eigenvalue weighted by atomic mass is 10.0. The predicted molar refractivity (Wildman–Crippen MR) is 81.9 cm³/mol. The van der Waals surface area contributed by atoms with E-state index in [1.807, 2.05) is 0 Å². The lowest BCUT2D eigenvalue weighted by Gasteiger charge is -2.18. The number of hydrogen-bond donors (Lipinski definition) is 1. The number of benzene rings is 1. The van der Waals surface area contributed by atoms with Gasteiger partial charge in [0.1, 0.15) is 5.75 Å². The van der Waals surface area contributed by atoms with Crippen LogP contribution in [0.1, 0.15) is 52.4 Å². The number of hydrogen-bond acceptors (Lipinski definition) is 2. The molecule has 2 atom stereocenters. The molecule has 19 heavy (non-hydrogen) atoms. The van der Waals surface area contributed by atoms with E-state index < -0.39 is 0 Å².